The number of nitrogens with two attached hydrogens (primary N) is 1. The molecule has 0 radical (unpaired) electrons. The van der Waals surface area contributed by atoms with Gasteiger partial charge in [0.1, 0.15) is 12.6 Å². The minimum absolute atomic E-state index is 0.0942. The zero-order chi connectivity index (χ0) is 39.3. The fourth-order valence-corrected chi connectivity index (χ4v) is 5.46. The maximum absolute atomic E-state index is 12.5. The molecule has 1 unspecified atom stereocenters. The van der Waals surface area contributed by atoms with Crippen LogP contribution in [0.1, 0.15) is 136 Å². The summed E-state index contributed by atoms with van der Waals surface area (Å²) in [6, 6.07) is -1.53. The van der Waals surface area contributed by atoms with E-state index in [1.54, 1.807) is 0 Å². The first-order valence-electron chi connectivity index (χ1n) is 19.5. The van der Waals surface area contributed by atoms with Crippen LogP contribution in [0.25, 0.3) is 0 Å². The number of phosphoric acid groups is 1. The van der Waals surface area contributed by atoms with Crippen LogP contribution in [0, 0.1) is 0 Å². The lowest BCUT2D eigenvalue weighted by Crippen LogP contribution is -2.34. The second kappa shape index (κ2) is 35.9. The molecule has 0 bridgehead atoms. The topological polar surface area (TPSA) is 172 Å². The van der Waals surface area contributed by atoms with Crippen molar-refractivity contribution >= 4 is 25.7 Å². The Morgan fingerprint density at radius 1 is 0.604 bits per heavy atom. The van der Waals surface area contributed by atoms with E-state index in [1.165, 1.54) is 38.5 Å². The Hall–Kier alpha value is -3.08. The Kier molecular flexibility index (Phi) is 33.8. The molecule has 0 aromatic rings. The highest BCUT2D eigenvalue weighted by Gasteiger charge is 2.28. The number of carbonyl (C=O) groups excluding carboxylic acids is 2. The summed E-state index contributed by atoms with van der Waals surface area (Å²) in [5.74, 6) is -2.50. The molecule has 0 rings (SSSR count). The number of phosphoric ester groups is 1. The van der Waals surface area contributed by atoms with E-state index >= 15 is 0 Å². The lowest BCUT2D eigenvalue weighted by Gasteiger charge is -2.20. The summed E-state index contributed by atoms with van der Waals surface area (Å²) in [5.41, 5.74) is 5.31. The van der Waals surface area contributed by atoms with Gasteiger partial charge in [-0.2, -0.15) is 0 Å². The number of hydrogen-bond donors (Lipinski definition) is 3. The van der Waals surface area contributed by atoms with Crippen molar-refractivity contribution in [3.05, 3.63) is 72.9 Å². The molecule has 0 aromatic heterocycles. The molecule has 12 heteroatoms. The number of unbranched alkanes of at least 4 members (excludes halogenated alkanes) is 9. The van der Waals surface area contributed by atoms with Crippen molar-refractivity contribution in [1.82, 2.24) is 0 Å². The summed E-state index contributed by atoms with van der Waals surface area (Å²) in [6.45, 7) is 2.56. The fourth-order valence-electron chi connectivity index (χ4n) is 4.68. The van der Waals surface area contributed by atoms with E-state index in [9.17, 15) is 23.8 Å². The van der Waals surface area contributed by atoms with E-state index in [0.717, 1.165) is 57.8 Å². The number of rotatable bonds is 35. The number of ether oxygens (including phenoxy) is 2. The van der Waals surface area contributed by atoms with Gasteiger partial charge in [0.05, 0.1) is 13.2 Å². The van der Waals surface area contributed by atoms with Gasteiger partial charge in [-0.3, -0.25) is 23.4 Å². The van der Waals surface area contributed by atoms with Crippen molar-refractivity contribution in [3.8, 4) is 0 Å². The Balaban J connectivity index is 4.53. The molecule has 302 valence electrons. The highest BCUT2D eigenvalue weighted by atomic mass is 31.2. The molecular weight excluding hydrogens is 697 g/mol. The number of aliphatic carboxylic acids is 1. The average molecular weight is 766 g/mol. The van der Waals surface area contributed by atoms with Crippen LogP contribution in [-0.4, -0.2) is 59.9 Å². The Labute approximate surface area is 319 Å². The third-order valence-corrected chi connectivity index (χ3v) is 8.68. The smallest absolute Gasteiger partial charge is 0.472 e. The van der Waals surface area contributed by atoms with Gasteiger partial charge < -0.3 is 25.2 Å². The molecule has 0 aromatic carbocycles. The van der Waals surface area contributed by atoms with Crippen LogP contribution in [0.5, 0.6) is 0 Å². The number of allylic oxidation sites excluding steroid dienone is 12. The van der Waals surface area contributed by atoms with E-state index in [2.05, 4.69) is 79.1 Å². The summed E-state index contributed by atoms with van der Waals surface area (Å²) in [5, 5.41) is 8.85. The van der Waals surface area contributed by atoms with Crippen molar-refractivity contribution in [2.75, 3.05) is 19.8 Å². The summed E-state index contributed by atoms with van der Waals surface area (Å²) in [6.07, 6.45) is 41.4. The molecule has 3 atom stereocenters. The Morgan fingerprint density at radius 2 is 1.06 bits per heavy atom. The number of esters is 2. The zero-order valence-corrected chi connectivity index (χ0v) is 33.2. The molecule has 0 saturated carbocycles. The highest BCUT2D eigenvalue weighted by molar-refractivity contribution is 7.47. The van der Waals surface area contributed by atoms with Crippen LogP contribution in [0.15, 0.2) is 72.9 Å². The number of carboxylic acid groups (broad SMARTS) is 1. The van der Waals surface area contributed by atoms with Gasteiger partial charge in [-0.05, 0) is 51.4 Å². The maximum atomic E-state index is 12.5. The van der Waals surface area contributed by atoms with Crippen LogP contribution in [-0.2, 0) is 37.5 Å². The summed E-state index contributed by atoms with van der Waals surface area (Å²) in [7, 11) is -4.73. The maximum Gasteiger partial charge on any atom is 0.472 e. The first kappa shape index (κ1) is 49.9. The predicted octanol–water partition coefficient (Wildman–Crippen LogP) is 9.78. The van der Waals surface area contributed by atoms with Crippen LogP contribution >= 0.6 is 7.82 Å². The van der Waals surface area contributed by atoms with Gasteiger partial charge in [0.2, 0.25) is 0 Å². The SMILES string of the molecule is CC/C=C/C/C=C/C/C=C/C/C=C/C/C=C/C/C=C/CCC(=O)OC[C@@H](COP(=O)(O)OC[C@@H](N)C(=O)O)OC(=O)CCCCCCCCCCCC. The van der Waals surface area contributed by atoms with Gasteiger partial charge in [0.25, 0.3) is 0 Å². The van der Waals surface area contributed by atoms with Crippen molar-refractivity contribution in [1.29, 1.82) is 0 Å². The Bertz CT molecular complexity index is 1180. The minimum Gasteiger partial charge on any atom is -0.480 e. The van der Waals surface area contributed by atoms with Crippen molar-refractivity contribution in [2.45, 2.75) is 148 Å². The minimum atomic E-state index is -4.73. The summed E-state index contributed by atoms with van der Waals surface area (Å²) < 4.78 is 32.4. The fraction of sp³-hybridized carbons (Fsp3) is 0.634. The van der Waals surface area contributed by atoms with Crippen LogP contribution < -0.4 is 5.73 Å². The Morgan fingerprint density at radius 3 is 1.55 bits per heavy atom. The third-order valence-electron chi connectivity index (χ3n) is 7.73. The van der Waals surface area contributed by atoms with Gasteiger partial charge >= 0.3 is 25.7 Å². The molecule has 0 amide bonds. The van der Waals surface area contributed by atoms with Gasteiger partial charge in [0.15, 0.2) is 6.10 Å². The van der Waals surface area contributed by atoms with Gasteiger partial charge in [0, 0.05) is 12.8 Å². The molecule has 0 aliphatic rings. The zero-order valence-electron chi connectivity index (χ0n) is 32.3. The quantitative estimate of drug-likeness (QED) is 0.0243. The third kappa shape index (κ3) is 35.7. The van der Waals surface area contributed by atoms with Gasteiger partial charge in [-0.1, -0.05) is 145 Å². The van der Waals surface area contributed by atoms with Crippen molar-refractivity contribution in [3.63, 3.8) is 0 Å². The van der Waals surface area contributed by atoms with E-state index in [-0.39, 0.29) is 19.4 Å². The molecular formula is C41H68NO10P. The predicted molar refractivity (Wildman–Crippen MR) is 212 cm³/mol. The molecule has 0 fully saturated rings. The molecule has 0 saturated heterocycles. The van der Waals surface area contributed by atoms with Crippen LogP contribution in [0.3, 0.4) is 0 Å². The number of carboxylic acids is 1. The molecule has 11 nitrogen and oxygen atoms in total. The van der Waals surface area contributed by atoms with E-state index in [4.69, 9.17) is 24.8 Å². The first-order valence-corrected chi connectivity index (χ1v) is 21.0. The largest absolute Gasteiger partial charge is 0.480 e. The van der Waals surface area contributed by atoms with E-state index in [1.807, 2.05) is 12.2 Å². The molecule has 0 heterocycles. The molecule has 0 aliphatic carbocycles. The molecule has 4 N–H and O–H groups in total. The summed E-state index contributed by atoms with van der Waals surface area (Å²) >= 11 is 0. The second-order valence-corrected chi connectivity index (χ2v) is 14.1. The number of hydrogen-bond acceptors (Lipinski definition) is 9. The molecule has 0 spiro atoms. The van der Waals surface area contributed by atoms with E-state index in [0.29, 0.717) is 12.8 Å². The van der Waals surface area contributed by atoms with Crippen LogP contribution in [0.2, 0.25) is 0 Å². The van der Waals surface area contributed by atoms with Gasteiger partial charge in [-0.25, -0.2) is 4.57 Å². The first-order chi connectivity index (χ1) is 25.6. The molecule has 0 aliphatic heterocycles. The molecule has 53 heavy (non-hydrogen) atoms. The lowest BCUT2D eigenvalue weighted by molar-refractivity contribution is -0.161. The average Bonchev–Trinajstić information content (AvgIpc) is 3.13. The monoisotopic (exact) mass is 765 g/mol. The van der Waals surface area contributed by atoms with Gasteiger partial charge in [-0.15, -0.1) is 0 Å². The van der Waals surface area contributed by atoms with Crippen molar-refractivity contribution < 1.29 is 47.5 Å². The standard InChI is InChI=1S/C41H68NO10P/c1-3-5-7-9-11-13-15-16-17-18-19-20-21-22-23-25-26-28-30-32-39(43)49-34-37(35-50-53(47,48)51-36-38(42)41(45)46)52-40(44)33-31-29-27-24-14-12-10-8-6-4-2/h5,7,11,13,16-17,19-20,22-23,26,28,37-38H,3-4,6,8-10,12,14-15,18,21,24-25,27,29-36,42H2,1-2H3,(H,45,46)(H,47,48)/b7-5+,13-11+,17-16+,20-19+,23-22+,28-26+/t37-,38+/m0/s1. The normalized spacial score (nSPS) is 14.6. The lowest BCUT2D eigenvalue weighted by atomic mass is 10.1. The highest BCUT2D eigenvalue weighted by Crippen LogP contribution is 2.43. The van der Waals surface area contributed by atoms with Crippen LogP contribution in [0.4, 0.5) is 0 Å². The summed E-state index contributed by atoms with van der Waals surface area (Å²) in [4.78, 5) is 45.7. The second-order valence-electron chi connectivity index (χ2n) is 12.7. The number of carbonyl (C=O) groups is 3. The van der Waals surface area contributed by atoms with E-state index < -0.39 is 51.1 Å². The van der Waals surface area contributed by atoms with Crippen molar-refractivity contribution in [2.24, 2.45) is 5.73 Å².